The molecule has 102 valence electrons. The van der Waals surface area contributed by atoms with Crippen LogP contribution in [0.5, 0.6) is 0 Å². The van der Waals surface area contributed by atoms with Crippen LogP contribution in [-0.2, 0) is 9.47 Å². The Morgan fingerprint density at radius 2 is 1.94 bits per heavy atom. The minimum absolute atomic E-state index is 0.179. The molecular formula is C14H29NO2. The number of unbranched alkanes of at least 4 members (excludes halogenated alkanes) is 5. The lowest BCUT2D eigenvalue weighted by Crippen LogP contribution is -2.48. The van der Waals surface area contributed by atoms with Gasteiger partial charge in [-0.3, -0.25) is 0 Å². The monoisotopic (exact) mass is 243 g/mol. The Bertz CT molecular complexity index is 179. The summed E-state index contributed by atoms with van der Waals surface area (Å²) in [5.41, 5.74) is 5.63. The normalized spacial score (nSPS) is 25.1. The van der Waals surface area contributed by atoms with Crippen LogP contribution >= 0.6 is 0 Å². The molecule has 0 bridgehead atoms. The van der Waals surface area contributed by atoms with Crippen molar-refractivity contribution in [3.8, 4) is 0 Å². The summed E-state index contributed by atoms with van der Waals surface area (Å²) in [6.07, 6.45) is 9.94. The molecule has 3 heteroatoms. The molecule has 1 aliphatic heterocycles. The quantitative estimate of drug-likeness (QED) is 0.633. The molecule has 0 aliphatic carbocycles. The van der Waals surface area contributed by atoms with Crippen LogP contribution in [0.3, 0.4) is 0 Å². The third-order valence-corrected chi connectivity index (χ3v) is 3.56. The zero-order valence-corrected chi connectivity index (χ0v) is 11.4. The highest BCUT2D eigenvalue weighted by atomic mass is 16.5. The van der Waals surface area contributed by atoms with Crippen molar-refractivity contribution in [3.63, 3.8) is 0 Å². The van der Waals surface area contributed by atoms with Crippen molar-refractivity contribution in [3.05, 3.63) is 0 Å². The van der Waals surface area contributed by atoms with Gasteiger partial charge in [0.2, 0.25) is 0 Å². The maximum absolute atomic E-state index is 5.98. The van der Waals surface area contributed by atoms with Crippen LogP contribution in [0.1, 0.15) is 58.3 Å². The molecule has 0 aromatic carbocycles. The van der Waals surface area contributed by atoms with Gasteiger partial charge in [0.15, 0.2) is 0 Å². The highest BCUT2D eigenvalue weighted by Gasteiger charge is 2.32. The van der Waals surface area contributed by atoms with Crippen LogP contribution in [0.2, 0.25) is 0 Å². The van der Waals surface area contributed by atoms with Crippen LogP contribution < -0.4 is 5.73 Å². The molecule has 0 radical (unpaired) electrons. The van der Waals surface area contributed by atoms with Gasteiger partial charge >= 0.3 is 0 Å². The molecule has 1 unspecified atom stereocenters. The minimum Gasteiger partial charge on any atom is -0.378 e. The van der Waals surface area contributed by atoms with E-state index in [0.717, 1.165) is 32.5 Å². The fourth-order valence-corrected chi connectivity index (χ4v) is 2.33. The molecule has 17 heavy (non-hydrogen) atoms. The van der Waals surface area contributed by atoms with E-state index in [-0.39, 0.29) is 5.60 Å². The van der Waals surface area contributed by atoms with E-state index in [0.29, 0.717) is 13.2 Å². The van der Waals surface area contributed by atoms with Gasteiger partial charge in [0.05, 0.1) is 6.61 Å². The average Bonchev–Trinajstić information content (AvgIpc) is 2.39. The van der Waals surface area contributed by atoms with Crippen molar-refractivity contribution in [1.29, 1.82) is 0 Å². The lowest BCUT2D eigenvalue weighted by atomic mass is 9.96. The number of ether oxygens (including phenoxy) is 2. The summed E-state index contributed by atoms with van der Waals surface area (Å²) in [5, 5.41) is 0. The summed E-state index contributed by atoms with van der Waals surface area (Å²) in [7, 11) is 0. The van der Waals surface area contributed by atoms with Crippen molar-refractivity contribution in [2.24, 2.45) is 5.73 Å². The molecule has 1 heterocycles. The summed E-state index contributed by atoms with van der Waals surface area (Å²) in [6, 6.07) is 0. The first kappa shape index (κ1) is 14.9. The van der Waals surface area contributed by atoms with Crippen molar-refractivity contribution >= 4 is 0 Å². The van der Waals surface area contributed by atoms with Crippen LogP contribution in [-0.4, -0.2) is 32.0 Å². The molecule has 0 amide bonds. The van der Waals surface area contributed by atoms with Gasteiger partial charge in [0.25, 0.3) is 0 Å². The van der Waals surface area contributed by atoms with Gasteiger partial charge in [0, 0.05) is 19.8 Å². The maximum atomic E-state index is 5.98. The molecule has 0 aromatic heterocycles. The zero-order valence-electron chi connectivity index (χ0n) is 11.4. The molecule has 1 saturated heterocycles. The molecule has 1 fully saturated rings. The largest absolute Gasteiger partial charge is 0.378 e. The van der Waals surface area contributed by atoms with E-state index in [1.165, 1.54) is 32.1 Å². The molecule has 1 atom stereocenters. The van der Waals surface area contributed by atoms with Crippen molar-refractivity contribution in [2.45, 2.75) is 63.9 Å². The van der Waals surface area contributed by atoms with Gasteiger partial charge in [-0.1, -0.05) is 39.0 Å². The fourth-order valence-electron chi connectivity index (χ4n) is 2.33. The predicted molar refractivity (Wildman–Crippen MR) is 71.2 cm³/mol. The number of hydrogen-bond acceptors (Lipinski definition) is 3. The van der Waals surface area contributed by atoms with Gasteiger partial charge in [-0.15, -0.1) is 0 Å². The van der Waals surface area contributed by atoms with E-state index in [2.05, 4.69) is 6.92 Å². The summed E-state index contributed by atoms with van der Waals surface area (Å²) in [4.78, 5) is 0. The third kappa shape index (κ3) is 5.84. The topological polar surface area (TPSA) is 44.5 Å². The lowest BCUT2D eigenvalue weighted by molar-refractivity contribution is -0.123. The second kappa shape index (κ2) is 8.90. The molecule has 0 aromatic rings. The molecule has 2 N–H and O–H groups in total. The lowest BCUT2D eigenvalue weighted by Gasteiger charge is -2.35. The highest BCUT2D eigenvalue weighted by Crippen LogP contribution is 2.22. The summed E-state index contributed by atoms with van der Waals surface area (Å²) < 4.78 is 11.5. The summed E-state index contributed by atoms with van der Waals surface area (Å²) >= 11 is 0. The highest BCUT2D eigenvalue weighted by molar-refractivity contribution is 4.84. The molecule has 0 spiro atoms. The Morgan fingerprint density at radius 1 is 1.18 bits per heavy atom. The van der Waals surface area contributed by atoms with Crippen LogP contribution in [0.4, 0.5) is 0 Å². The Hall–Kier alpha value is -0.120. The SMILES string of the molecule is CCCCCCCCOC1(CN)CCCOC1. The van der Waals surface area contributed by atoms with Gasteiger partial charge < -0.3 is 15.2 Å². The summed E-state index contributed by atoms with van der Waals surface area (Å²) in [6.45, 7) is 5.22. The fraction of sp³-hybridized carbons (Fsp3) is 1.00. The third-order valence-electron chi connectivity index (χ3n) is 3.56. The summed E-state index contributed by atoms with van der Waals surface area (Å²) in [5.74, 6) is 0. The van der Waals surface area contributed by atoms with E-state index < -0.39 is 0 Å². The van der Waals surface area contributed by atoms with E-state index in [1.54, 1.807) is 0 Å². The van der Waals surface area contributed by atoms with Gasteiger partial charge in [-0.25, -0.2) is 0 Å². The van der Waals surface area contributed by atoms with Gasteiger partial charge in [-0.2, -0.15) is 0 Å². The van der Waals surface area contributed by atoms with Crippen molar-refractivity contribution in [1.82, 2.24) is 0 Å². The van der Waals surface area contributed by atoms with Crippen molar-refractivity contribution < 1.29 is 9.47 Å². The number of rotatable bonds is 9. The average molecular weight is 243 g/mol. The molecular weight excluding hydrogens is 214 g/mol. The zero-order chi connectivity index (χ0) is 12.4. The Labute approximate surface area is 106 Å². The van der Waals surface area contributed by atoms with Gasteiger partial charge in [-0.05, 0) is 19.3 Å². The second-order valence-corrected chi connectivity index (χ2v) is 5.16. The van der Waals surface area contributed by atoms with E-state index in [9.17, 15) is 0 Å². The smallest absolute Gasteiger partial charge is 0.104 e. The van der Waals surface area contributed by atoms with Crippen molar-refractivity contribution in [2.75, 3.05) is 26.4 Å². The molecule has 1 aliphatic rings. The van der Waals surface area contributed by atoms with E-state index in [4.69, 9.17) is 15.2 Å². The molecule has 3 nitrogen and oxygen atoms in total. The predicted octanol–water partition coefficient (Wildman–Crippen LogP) is 2.87. The van der Waals surface area contributed by atoms with Crippen LogP contribution in [0.15, 0.2) is 0 Å². The van der Waals surface area contributed by atoms with Crippen LogP contribution in [0.25, 0.3) is 0 Å². The van der Waals surface area contributed by atoms with Crippen LogP contribution in [0, 0.1) is 0 Å². The minimum atomic E-state index is -0.179. The first-order valence-electron chi connectivity index (χ1n) is 7.25. The maximum Gasteiger partial charge on any atom is 0.104 e. The second-order valence-electron chi connectivity index (χ2n) is 5.16. The Morgan fingerprint density at radius 3 is 2.59 bits per heavy atom. The standard InChI is InChI=1S/C14H29NO2/c1-2-3-4-5-6-7-11-17-14(12-15)9-8-10-16-13-14/h2-13,15H2,1H3. The number of nitrogens with two attached hydrogens (primary N) is 1. The van der Waals surface area contributed by atoms with E-state index >= 15 is 0 Å². The molecule has 0 saturated carbocycles. The van der Waals surface area contributed by atoms with Gasteiger partial charge in [0.1, 0.15) is 5.60 Å². The number of hydrogen-bond donors (Lipinski definition) is 1. The Kier molecular flexibility index (Phi) is 7.82. The molecule has 1 rings (SSSR count). The first-order chi connectivity index (χ1) is 8.33. The van der Waals surface area contributed by atoms with E-state index in [1.807, 2.05) is 0 Å². The Balaban J connectivity index is 2.03. The first-order valence-corrected chi connectivity index (χ1v) is 7.25.